The fraction of sp³-hybridized carbons (Fsp3) is 0.176. The molecule has 0 saturated carbocycles. The number of hydrogen-bond donors (Lipinski definition) is 2. The highest BCUT2D eigenvalue weighted by molar-refractivity contribution is 5.70. The zero-order valence-corrected chi connectivity index (χ0v) is 23.6. The normalized spacial score (nSPS) is 15.6. The minimum atomic E-state index is 0.287. The van der Waals surface area contributed by atoms with Crippen LogP contribution < -0.4 is 10.6 Å². The van der Waals surface area contributed by atoms with Crippen LogP contribution in [0.25, 0.3) is 22.5 Å². The lowest BCUT2D eigenvalue weighted by atomic mass is 9.98. The van der Waals surface area contributed by atoms with Gasteiger partial charge in [0.25, 0.3) is 0 Å². The average molecular weight is 553 g/mol. The topological polar surface area (TPSA) is 85.5 Å². The van der Waals surface area contributed by atoms with Crippen molar-refractivity contribution in [2.24, 2.45) is 0 Å². The molecule has 0 saturated heterocycles. The molecule has 0 spiro atoms. The summed E-state index contributed by atoms with van der Waals surface area (Å²) in [6, 6.07) is 26.0. The third kappa shape index (κ3) is 4.41. The molecule has 4 aromatic heterocycles. The summed E-state index contributed by atoms with van der Waals surface area (Å²) in [5.41, 5.74) is 10.1. The first-order valence-corrected chi connectivity index (χ1v) is 14.2. The van der Waals surface area contributed by atoms with Crippen molar-refractivity contribution in [1.29, 1.82) is 0 Å². The van der Waals surface area contributed by atoms with Crippen LogP contribution in [0.4, 0.5) is 11.6 Å². The van der Waals surface area contributed by atoms with E-state index in [0.29, 0.717) is 0 Å². The first-order valence-electron chi connectivity index (χ1n) is 14.2. The monoisotopic (exact) mass is 552 g/mol. The van der Waals surface area contributed by atoms with Crippen LogP contribution in [0.3, 0.4) is 0 Å². The number of anilines is 2. The second-order valence-corrected chi connectivity index (χ2v) is 10.5. The van der Waals surface area contributed by atoms with Crippen LogP contribution in [-0.4, -0.2) is 43.2 Å². The SMILES string of the molecule is CNc1ncccc1C[C@@H]1c2ccccc2-c2cncn21.CNc1ncccc1C[C@H]1c2ccccc2-c2cncn21. The molecule has 42 heavy (non-hydrogen) atoms. The molecule has 2 aliphatic heterocycles. The molecule has 0 unspecified atom stereocenters. The van der Waals surface area contributed by atoms with Crippen molar-refractivity contribution in [2.75, 3.05) is 24.7 Å². The zero-order chi connectivity index (χ0) is 28.5. The Hall–Kier alpha value is -5.24. The summed E-state index contributed by atoms with van der Waals surface area (Å²) in [6.45, 7) is 0. The largest absolute Gasteiger partial charge is 0.373 e. The molecule has 8 rings (SSSR count). The van der Waals surface area contributed by atoms with E-state index in [2.05, 4.69) is 100 Å². The number of nitrogens with one attached hydrogen (secondary N) is 2. The maximum Gasteiger partial charge on any atom is 0.128 e. The van der Waals surface area contributed by atoms with Gasteiger partial charge in [-0.05, 0) is 34.4 Å². The molecule has 0 radical (unpaired) electrons. The Morgan fingerprint density at radius 2 is 1.05 bits per heavy atom. The van der Waals surface area contributed by atoms with E-state index < -0.39 is 0 Å². The lowest BCUT2D eigenvalue weighted by molar-refractivity contribution is 0.608. The number of benzene rings is 2. The van der Waals surface area contributed by atoms with Crippen LogP contribution >= 0.6 is 0 Å². The standard InChI is InChI=1S/2C17H16N4/c2*1-18-17-12(5-4-8-20-17)9-15-13-6-2-3-7-14(13)16-10-19-11-21(15)16/h2*2-8,10-11,15H,9H2,1H3,(H,18,20)/t2*15-/m10/s1. The van der Waals surface area contributed by atoms with Crippen molar-refractivity contribution >= 4 is 11.6 Å². The van der Waals surface area contributed by atoms with Gasteiger partial charge in [0.05, 0.1) is 48.5 Å². The van der Waals surface area contributed by atoms with Crippen LogP contribution in [0.15, 0.2) is 110 Å². The van der Waals surface area contributed by atoms with Crippen LogP contribution in [0.1, 0.15) is 34.3 Å². The van der Waals surface area contributed by atoms with Gasteiger partial charge in [0.15, 0.2) is 0 Å². The second-order valence-electron chi connectivity index (χ2n) is 10.5. The fourth-order valence-electron chi connectivity index (χ4n) is 6.35. The van der Waals surface area contributed by atoms with Gasteiger partial charge in [0, 0.05) is 50.5 Å². The smallest absolute Gasteiger partial charge is 0.128 e. The minimum Gasteiger partial charge on any atom is -0.373 e. The highest BCUT2D eigenvalue weighted by Gasteiger charge is 2.29. The van der Waals surface area contributed by atoms with Crippen molar-refractivity contribution in [2.45, 2.75) is 24.9 Å². The van der Waals surface area contributed by atoms with Gasteiger partial charge in [-0.1, -0.05) is 60.7 Å². The van der Waals surface area contributed by atoms with Crippen molar-refractivity contribution in [1.82, 2.24) is 29.1 Å². The van der Waals surface area contributed by atoms with Gasteiger partial charge in [-0.25, -0.2) is 19.9 Å². The van der Waals surface area contributed by atoms with Crippen molar-refractivity contribution < 1.29 is 0 Å². The molecular weight excluding hydrogens is 520 g/mol. The Labute approximate surface area is 245 Å². The van der Waals surface area contributed by atoms with Crippen molar-refractivity contribution in [3.63, 3.8) is 0 Å². The number of aromatic nitrogens is 6. The Balaban J connectivity index is 0.000000137. The number of fused-ring (bicyclic) bond motifs is 6. The van der Waals surface area contributed by atoms with E-state index in [-0.39, 0.29) is 12.1 Å². The van der Waals surface area contributed by atoms with E-state index >= 15 is 0 Å². The van der Waals surface area contributed by atoms with E-state index in [1.165, 1.54) is 44.8 Å². The number of hydrogen-bond acceptors (Lipinski definition) is 6. The summed E-state index contributed by atoms with van der Waals surface area (Å²) in [5, 5.41) is 6.35. The molecule has 6 heterocycles. The molecule has 2 atom stereocenters. The molecule has 0 aliphatic carbocycles. The Morgan fingerprint density at radius 3 is 1.50 bits per heavy atom. The Morgan fingerprint density at radius 1 is 0.595 bits per heavy atom. The van der Waals surface area contributed by atoms with Gasteiger partial charge < -0.3 is 19.8 Å². The first-order chi connectivity index (χ1) is 20.8. The van der Waals surface area contributed by atoms with Gasteiger partial charge >= 0.3 is 0 Å². The third-order valence-electron chi connectivity index (χ3n) is 8.28. The van der Waals surface area contributed by atoms with Gasteiger partial charge in [0.1, 0.15) is 11.6 Å². The van der Waals surface area contributed by atoms with Crippen LogP contribution in [0.5, 0.6) is 0 Å². The molecule has 0 fully saturated rings. The highest BCUT2D eigenvalue weighted by Crippen LogP contribution is 2.42. The van der Waals surface area contributed by atoms with Gasteiger partial charge in [-0.15, -0.1) is 0 Å². The predicted molar refractivity (Wildman–Crippen MR) is 167 cm³/mol. The molecule has 2 aliphatic rings. The van der Waals surface area contributed by atoms with Crippen molar-refractivity contribution in [3.05, 3.63) is 132 Å². The summed E-state index contributed by atoms with van der Waals surface area (Å²) in [5.74, 6) is 1.90. The van der Waals surface area contributed by atoms with Gasteiger partial charge in [0.2, 0.25) is 0 Å². The summed E-state index contributed by atoms with van der Waals surface area (Å²) < 4.78 is 4.52. The number of rotatable bonds is 6. The first kappa shape index (κ1) is 25.7. The summed E-state index contributed by atoms with van der Waals surface area (Å²) in [4.78, 5) is 17.4. The number of imidazole rings is 2. The average Bonchev–Trinajstić information content (AvgIpc) is 3.83. The molecule has 0 amide bonds. The van der Waals surface area contributed by atoms with Crippen LogP contribution in [-0.2, 0) is 12.8 Å². The zero-order valence-electron chi connectivity index (χ0n) is 23.6. The molecule has 0 bridgehead atoms. The van der Waals surface area contributed by atoms with Crippen molar-refractivity contribution in [3.8, 4) is 22.5 Å². The summed E-state index contributed by atoms with van der Waals surface area (Å²) in [7, 11) is 3.83. The molecule has 8 nitrogen and oxygen atoms in total. The maximum absolute atomic E-state index is 4.40. The fourth-order valence-corrected chi connectivity index (χ4v) is 6.35. The van der Waals surface area contributed by atoms with E-state index in [9.17, 15) is 0 Å². The molecule has 8 heteroatoms. The highest BCUT2D eigenvalue weighted by atomic mass is 15.1. The van der Waals surface area contributed by atoms with E-state index in [1.807, 2.05) is 63.7 Å². The van der Waals surface area contributed by atoms with E-state index in [0.717, 1.165) is 24.5 Å². The molecular formula is C34H32N8. The summed E-state index contributed by atoms with van der Waals surface area (Å²) in [6.07, 6.45) is 13.2. The van der Waals surface area contributed by atoms with Crippen LogP contribution in [0.2, 0.25) is 0 Å². The molecule has 208 valence electrons. The Kier molecular flexibility index (Phi) is 6.71. The number of nitrogens with zero attached hydrogens (tertiary/aromatic N) is 6. The molecule has 2 aromatic carbocycles. The predicted octanol–water partition coefficient (Wildman–Crippen LogP) is 6.26. The van der Waals surface area contributed by atoms with Crippen LogP contribution in [0, 0.1) is 0 Å². The third-order valence-corrected chi connectivity index (χ3v) is 8.28. The molecule has 6 aromatic rings. The number of pyridine rings is 2. The molecule has 2 N–H and O–H groups in total. The van der Waals surface area contributed by atoms with E-state index in [1.54, 1.807) is 0 Å². The lowest BCUT2D eigenvalue weighted by Crippen LogP contribution is -2.10. The summed E-state index contributed by atoms with van der Waals surface area (Å²) >= 11 is 0. The Bertz CT molecular complexity index is 1720. The van der Waals surface area contributed by atoms with Gasteiger partial charge in [-0.2, -0.15) is 0 Å². The quantitative estimate of drug-likeness (QED) is 0.254. The minimum absolute atomic E-state index is 0.287. The van der Waals surface area contributed by atoms with E-state index in [4.69, 9.17) is 0 Å². The van der Waals surface area contributed by atoms with Gasteiger partial charge in [-0.3, -0.25) is 0 Å². The second kappa shape index (κ2) is 11.0. The lowest BCUT2D eigenvalue weighted by Gasteiger charge is -2.16. The maximum atomic E-state index is 4.40.